The van der Waals surface area contributed by atoms with Gasteiger partial charge in [-0.1, -0.05) is 0 Å². The summed E-state index contributed by atoms with van der Waals surface area (Å²) in [6, 6.07) is 6.74. The quantitative estimate of drug-likeness (QED) is 0.741. The number of hydrogen-bond donors (Lipinski definition) is 1. The van der Waals surface area contributed by atoms with Crippen LogP contribution < -0.4 is 10.2 Å². The Labute approximate surface area is 122 Å². The van der Waals surface area contributed by atoms with E-state index in [1.54, 1.807) is 14.2 Å². The summed E-state index contributed by atoms with van der Waals surface area (Å²) in [4.78, 5) is 2.39. The predicted octanol–water partition coefficient (Wildman–Crippen LogP) is 2.53. The Kier molecular flexibility index (Phi) is 6.15. The van der Waals surface area contributed by atoms with Gasteiger partial charge in [0.05, 0.1) is 6.61 Å². The van der Waals surface area contributed by atoms with Gasteiger partial charge in [0.25, 0.3) is 0 Å². The minimum Gasteiger partial charge on any atom is -0.385 e. The lowest BCUT2D eigenvalue weighted by atomic mass is 10.0. The number of nitrogens with one attached hydrogen (secondary N) is 1. The first kappa shape index (κ1) is 15.1. The van der Waals surface area contributed by atoms with Gasteiger partial charge in [-0.05, 0) is 43.0 Å². The van der Waals surface area contributed by atoms with E-state index >= 15 is 0 Å². The van der Waals surface area contributed by atoms with Crippen LogP contribution >= 0.6 is 0 Å². The molecule has 1 aliphatic heterocycles. The van der Waals surface area contributed by atoms with Crippen LogP contribution in [0, 0.1) is 0 Å². The molecule has 0 saturated heterocycles. The molecular weight excluding hydrogens is 252 g/mol. The van der Waals surface area contributed by atoms with Crippen LogP contribution in [0.5, 0.6) is 0 Å². The van der Waals surface area contributed by atoms with Crippen molar-refractivity contribution in [1.82, 2.24) is 0 Å². The molecule has 1 aromatic carbocycles. The first-order valence-corrected chi connectivity index (χ1v) is 7.45. The molecule has 0 amide bonds. The molecule has 2 rings (SSSR count). The van der Waals surface area contributed by atoms with Gasteiger partial charge in [0, 0.05) is 51.8 Å². The number of ether oxygens (including phenoxy) is 2. The van der Waals surface area contributed by atoms with Crippen molar-refractivity contribution < 1.29 is 9.47 Å². The fourth-order valence-electron chi connectivity index (χ4n) is 2.63. The lowest BCUT2D eigenvalue weighted by molar-refractivity contribution is 0.191. The Morgan fingerprint density at radius 2 is 2.00 bits per heavy atom. The van der Waals surface area contributed by atoms with Gasteiger partial charge in [0.2, 0.25) is 0 Å². The highest BCUT2D eigenvalue weighted by Gasteiger charge is 2.12. The molecule has 0 aliphatic carbocycles. The van der Waals surface area contributed by atoms with E-state index in [2.05, 4.69) is 28.4 Å². The molecule has 1 N–H and O–H groups in total. The van der Waals surface area contributed by atoms with Crippen LogP contribution in [0.4, 0.5) is 11.4 Å². The topological polar surface area (TPSA) is 33.7 Å². The average Bonchev–Trinajstić information content (AvgIpc) is 2.50. The van der Waals surface area contributed by atoms with Crippen molar-refractivity contribution in [2.75, 3.05) is 57.3 Å². The highest BCUT2D eigenvalue weighted by atomic mass is 16.5. The SMILES string of the molecule is COCCCN(CCOC)c1ccc2c(c1)CCCN2. The van der Waals surface area contributed by atoms with E-state index in [4.69, 9.17) is 9.47 Å². The van der Waals surface area contributed by atoms with Crippen LogP contribution in [0.15, 0.2) is 18.2 Å². The smallest absolute Gasteiger partial charge is 0.0637 e. The number of anilines is 2. The summed E-state index contributed by atoms with van der Waals surface area (Å²) in [5.74, 6) is 0. The Bertz CT molecular complexity index is 409. The first-order valence-electron chi connectivity index (χ1n) is 7.45. The predicted molar refractivity (Wildman–Crippen MR) is 83.8 cm³/mol. The van der Waals surface area contributed by atoms with E-state index in [0.717, 1.165) is 39.3 Å². The molecule has 1 aromatic rings. The third-order valence-electron chi connectivity index (χ3n) is 3.73. The van der Waals surface area contributed by atoms with E-state index in [0.29, 0.717) is 0 Å². The number of methoxy groups -OCH3 is 2. The molecule has 4 nitrogen and oxygen atoms in total. The van der Waals surface area contributed by atoms with E-state index in [1.165, 1.54) is 29.8 Å². The highest BCUT2D eigenvalue weighted by molar-refractivity contribution is 5.61. The van der Waals surface area contributed by atoms with Crippen molar-refractivity contribution in [3.63, 3.8) is 0 Å². The zero-order chi connectivity index (χ0) is 14.2. The molecule has 0 bridgehead atoms. The second-order valence-electron chi connectivity index (χ2n) is 5.20. The maximum absolute atomic E-state index is 5.23. The van der Waals surface area contributed by atoms with Gasteiger partial charge in [-0.3, -0.25) is 0 Å². The summed E-state index contributed by atoms with van der Waals surface area (Å²) in [7, 11) is 3.51. The molecule has 0 fully saturated rings. The van der Waals surface area contributed by atoms with Crippen molar-refractivity contribution >= 4 is 11.4 Å². The van der Waals surface area contributed by atoms with Crippen LogP contribution in [0.2, 0.25) is 0 Å². The molecule has 0 radical (unpaired) electrons. The van der Waals surface area contributed by atoms with Gasteiger partial charge in [0.15, 0.2) is 0 Å². The van der Waals surface area contributed by atoms with Gasteiger partial charge in [-0.15, -0.1) is 0 Å². The van der Waals surface area contributed by atoms with Crippen molar-refractivity contribution in [2.24, 2.45) is 0 Å². The van der Waals surface area contributed by atoms with Crippen molar-refractivity contribution in [1.29, 1.82) is 0 Å². The molecule has 4 heteroatoms. The van der Waals surface area contributed by atoms with Crippen molar-refractivity contribution in [3.8, 4) is 0 Å². The highest BCUT2D eigenvalue weighted by Crippen LogP contribution is 2.27. The number of aryl methyl sites for hydroxylation is 1. The van der Waals surface area contributed by atoms with Crippen molar-refractivity contribution in [3.05, 3.63) is 23.8 Å². The monoisotopic (exact) mass is 278 g/mol. The lowest BCUT2D eigenvalue weighted by Crippen LogP contribution is -2.29. The zero-order valence-electron chi connectivity index (χ0n) is 12.7. The minimum absolute atomic E-state index is 0.752. The molecule has 0 spiro atoms. The molecule has 0 unspecified atom stereocenters. The van der Waals surface area contributed by atoms with E-state index in [9.17, 15) is 0 Å². The average molecular weight is 278 g/mol. The Morgan fingerprint density at radius 3 is 2.80 bits per heavy atom. The zero-order valence-corrected chi connectivity index (χ0v) is 12.7. The molecule has 1 heterocycles. The lowest BCUT2D eigenvalue weighted by Gasteiger charge is -2.27. The fraction of sp³-hybridized carbons (Fsp3) is 0.625. The summed E-state index contributed by atoms with van der Waals surface area (Å²) < 4.78 is 10.4. The van der Waals surface area contributed by atoms with Gasteiger partial charge in [0.1, 0.15) is 0 Å². The second kappa shape index (κ2) is 8.12. The summed E-state index contributed by atoms with van der Waals surface area (Å²) in [5, 5.41) is 3.46. The molecule has 1 aliphatic rings. The van der Waals surface area contributed by atoms with Gasteiger partial charge in [-0.2, -0.15) is 0 Å². The third kappa shape index (κ3) is 4.12. The van der Waals surface area contributed by atoms with Gasteiger partial charge in [-0.25, -0.2) is 0 Å². The van der Waals surface area contributed by atoms with E-state index in [-0.39, 0.29) is 0 Å². The summed E-state index contributed by atoms with van der Waals surface area (Å²) in [6.45, 7) is 4.57. The van der Waals surface area contributed by atoms with Gasteiger partial charge >= 0.3 is 0 Å². The molecular formula is C16H26N2O2. The molecule has 0 aromatic heterocycles. The normalized spacial score (nSPS) is 13.7. The number of fused-ring (bicyclic) bond motifs is 1. The van der Waals surface area contributed by atoms with E-state index < -0.39 is 0 Å². The maximum Gasteiger partial charge on any atom is 0.0637 e. The summed E-state index contributed by atoms with van der Waals surface area (Å²) >= 11 is 0. The van der Waals surface area contributed by atoms with Crippen molar-refractivity contribution in [2.45, 2.75) is 19.3 Å². The number of rotatable bonds is 8. The maximum atomic E-state index is 5.23. The fourth-order valence-corrected chi connectivity index (χ4v) is 2.63. The largest absolute Gasteiger partial charge is 0.385 e. The molecule has 0 atom stereocenters. The van der Waals surface area contributed by atoms with Crippen LogP contribution in [0.25, 0.3) is 0 Å². The second-order valence-corrected chi connectivity index (χ2v) is 5.20. The third-order valence-corrected chi connectivity index (χ3v) is 3.73. The minimum atomic E-state index is 0.752. The Morgan fingerprint density at radius 1 is 1.15 bits per heavy atom. The Balaban J connectivity index is 2.06. The number of benzene rings is 1. The van der Waals surface area contributed by atoms with Crippen LogP contribution in [-0.4, -0.2) is 47.1 Å². The standard InChI is InChI=1S/C16H26N2O2/c1-19-11-4-9-18(10-12-20-2)15-6-7-16-14(13-15)5-3-8-17-16/h6-7,13,17H,3-5,8-12H2,1-2H3. The molecule has 20 heavy (non-hydrogen) atoms. The van der Waals surface area contributed by atoms with Crippen LogP contribution in [-0.2, 0) is 15.9 Å². The van der Waals surface area contributed by atoms with Crippen LogP contribution in [0.3, 0.4) is 0 Å². The summed E-state index contributed by atoms with van der Waals surface area (Å²) in [6.07, 6.45) is 3.43. The summed E-state index contributed by atoms with van der Waals surface area (Å²) in [5.41, 5.74) is 4.02. The first-order chi connectivity index (χ1) is 9.85. The Hall–Kier alpha value is -1.26. The van der Waals surface area contributed by atoms with E-state index in [1.807, 2.05) is 0 Å². The molecule has 112 valence electrons. The van der Waals surface area contributed by atoms with Crippen LogP contribution in [0.1, 0.15) is 18.4 Å². The number of nitrogens with zero attached hydrogens (tertiary/aromatic N) is 1. The molecule has 0 saturated carbocycles. The number of hydrogen-bond acceptors (Lipinski definition) is 4. The van der Waals surface area contributed by atoms with Gasteiger partial charge < -0.3 is 19.7 Å².